The van der Waals surface area contributed by atoms with Crippen LogP contribution in [0.4, 0.5) is 4.79 Å². The molecule has 2 aliphatic carbocycles. The first-order valence-corrected chi connectivity index (χ1v) is 15.5. The summed E-state index contributed by atoms with van der Waals surface area (Å²) in [6.07, 6.45) is 14.6. The molecule has 0 aromatic heterocycles. The van der Waals surface area contributed by atoms with Crippen LogP contribution in [0.25, 0.3) is 0 Å². The number of nitriles is 1. The molecule has 0 bridgehead atoms. The fourth-order valence-electron chi connectivity index (χ4n) is 6.41. The van der Waals surface area contributed by atoms with Gasteiger partial charge in [-0.25, -0.2) is 9.79 Å². The number of allylic oxidation sites excluding steroid dienone is 1. The van der Waals surface area contributed by atoms with Crippen molar-refractivity contribution in [3.8, 4) is 6.07 Å². The molecule has 40 heavy (non-hydrogen) atoms. The molecule has 4 aliphatic rings. The van der Waals surface area contributed by atoms with Crippen molar-refractivity contribution in [2.24, 2.45) is 16.8 Å². The predicted octanol–water partition coefficient (Wildman–Crippen LogP) is 3.94. The largest absolute Gasteiger partial charge is 0.450 e. The number of ether oxygens (including phenoxy) is 2. The molecule has 10 nitrogen and oxygen atoms in total. The predicted molar refractivity (Wildman–Crippen MR) is 153 cm³/mol. The van der Waals surface area contributed by atoms with Crippen LogP contribution in [-0.2, 0) is 14.3 Å². The van der Waals surface area contributed by atoms with Crippen molar-refractivity contribution in [1.82, 2.24) is 20.4 Å². The van der Waals surface area contributed by atoms with Crippen LogP contribution in [0.2, 0.25) is 0 Å². The van der Waals surface area contributed by atoms with E-state index in [-0.39, 0.29) is 30.1 Å². The molecule has 2 amide bonds. The van der Waals surface area contributed by atoms with Crippen LogP contribution in [0, 0.1) is 23.2 Å². The molecule has 222 valence electrons. The standard InChI is InChI=1S/C30H48N6O4/c1-2-40-29(38)33-28(36-17-19-39-20-18-36)32-26(21-24-9-5-3-6-10-24)27(37)34-30(23-31)13-15-35(16-14-30)22-25-11-7-4-8-12-25/h21,24-25H,2-20,22H2,1H3,(H,34,37)(H,32,33,38)/b26-21+. The SMILES string of the molecule is CCOC(=O)NC(=N/C(=C/C1CCCCC1)C(=O)NC1(C#N)CCN(CC2CCCCC2)CC1)N1CCOCC1. The molecule has 2 saturated heterocycles. The average molecular weight is 557 g/mol. The van der Waals surface area contributed by atoms with E-state index in [4.69, 9.17) is 14.5 Å². The highest BCUT2D eigenvalue weighted by atomic mass is 16.5. The smallest absolute Gasteiger partial charge is 0.413 e. The molecule has 0 unspecified atom stereocenters. The van der Waals surface area contributed by atoms with E-state index < -0.39 is 11.6 Å². The molecular weight excluding hydrogens is 508 g/mol. The minimum absolute atomic E-state index is 0.232. The number of morpholine rings is 1. The number of carbonyl (C=O) groups is 2. The summed E-state index contributed by atoms with van der Waals surface area (Å²) in [5.74, 6) is 0.918. The van der Waals surface area contributed by atoms with E-state index in [9.17, 15) is 14.9 Å². The number of amides is 2. The first kappa shape index (κ1) is 30.3. The first-order valence-electron chi connectivity index (χ1n) is 15.5. The van der Waals surface area contributed by atoms with Gasteiger partial charge in [-0.3, -0.25) is 10.1 Å². The van der Waals surface area contributed by atoms with Gasteiger partial charge in [-0.05, 0) is 63.4 Å². The van der Waals surface area contributed by atoms with Gasteiger partial charge in [-0.2, -0.15) is 5.26 Å². The zero-order chi connectivity index (χ0) is 28.2. The number of rotatable bonds is 7. The summed E-state index contributed by atoms with van der Waals surface area (Å²) in [5, 5.41) is 16.1. The van der Waals surface area contributed by atoms with Crippen molar-refractivity contribution < 1.29 is 19.1 Å². The van der Waals surface area contributed by atoms with E-state index in [0.29, 0.717) is 39.1 Å². The number of hydrogen-bond acceptors (Lipinski definition) is 7. The molecule has 0 atom stereocenters. The summed E-state index contributed by atoms with van der Waals surface area (Å²) in [4.78, 5) is 35.3. The Morgan fingerprint density at radius 2 is 1.68 bits per heavy atom. The molecule has 4 rings (SSSR count). The normalized spacial score (nSPS) is 23.8. The maximum atomic E-state index is 13.8. The number of nitrogens with one attached hydrogen (secondary N) is 2. The van der Waals surface area contributed by atoms with E-state index in [1.807, 2.05) is 11.0 Å². The maximum Gasteiger partial charge on any atom is 0.413 e. The summed E-state index contributed by atoms with van der Waals surface area (Å²) in [7, 11) is 0. The van der Waals surface area contributed by atoms with E-state index in [0.717, 1.165) is 51.2 Å². The van der Waals surface area contributed by atoms with Gasteiger partial charge in [0, 0.05) is 32.7 Å². The molecule has 0 aromatic carbocycles. The number of likely N-dealkylation sites (tertiary alicyclic amines) is 1. The van der Waals surface area contributed by atoms with Gasteiger partial charge < -0.3 is 24.6 Å². The Hall–Kier alpha value is -2.64. The highest BCUT2D eigenvalue weighted by molar-refractivity contribution is 6.00. The number of nitrogens with zero attached hydrogens (tertiary/aromatic N) is 4. The minimum atomic E-state index is -0.922. The molecule has 0 aromatic rings. The van der Waals surface area contributed by atoms with Crippen molar-refractivity contribution in [3.63, 3.8) is 0 Å². The summed E-state index contributed by atoms with van der Waals surface area (Å²) < 4.78 is 10.6. The van der Waals surface area contributed by atoms with Crippen LogP contribution in [0.1, 0.15) is 84.0 Å². The first-order chi connectivity index (χ1) is 19.5. The third-order valence-electron chi connectivity index (χ3n) is 8.82. The van der Waals surface area contributed by atoms with Crippen molar-refractivity contribution in [3.05, 3.63) is 11.8 Å². The van der Waals surface area contributed by atoms with Crippen LogP contribution in [-0.4, -0.2) is 85.8 Å². The Balaban J connectivity index is 1.50. The molecule has 0 spiro atoms. The van der Waals surface area contributed by atoms with E-state index in [2.05, 4.69) is 21.6 Å². The fraction of sp³-hybridized carbons (Fsp3) is 0.800. The van der Waals surface area contributed by atoms with E-state index in [1.165, 1.54) is 38.5 Å². The van der Waals surface area contributed by atoms with Gasteiger partial charge in [0.1, 0.15) is 11.2 Å². The zero-order valence-corrected chi connectivity index (χ0v) is 24.3. The minimum Gasteiger partial charge on any atom is -0.450 e. The second-order valence-corrected chi connectivity index (χ2v) is 11.8. The van der Waals surface area contributed by atoms with E-state index in [1.54, 1.807) is 6.92 Å². The lowest BCUT2D eigenvalue weighted by atomic mass is 9.85. The average Bonchev–Trinajstić information content (AvgIpc) is 2.99. The highest BCUT2D eigenvalue weighted by Gasteiger charge is 2.37. The van der Waals surface area contributed by atoms with Crippen molar-refractivity contribution in [1.29, 1.82) is 5.26 Å². The lowest BCUT2D eigenvalue weighted by Gasteiger charge is -2.39. The molecule has 2 saturated carbocycles. The number of piperidine rings is 1. The number of carbonyl (C=O) groups excluding carboxylic acids is 2. The molecule has 0 radical (unpaired) electrons. The second kappa shape index (κ2) is 15.4. The third-order valence-corrected chi connectivity index (χ3v) is 8.82. The van der Waals surface area contributed by atoms with Gasteiger partial charge >= 0.3 is 6.09 Å². The van der Waals surface area contributed by atoms with Crippen LogP contribution in [0.3, 0.4) is 0 Å². The third kappa shape index (κ3) is 8.93. The number of guanidine groups is 1. The molecule has 2 N–H and O–H groups in total. The van der Waals surface area contributed by atoms with Crippen molar-refractivity contribution in [2.45, 2.75) is 89.5 Å². The Labute approximate surface area is 239 Å². The summed E-state index contributed by atoms with van der Waals surface area (Å²) in [6.45, 7) is 6.78. The molecule has 2 heterocycles. The molecule has 4 fully saturated rings. The van der Waals surface area contributed by atoms with Gasteiger partial charge in [-0.1, -0.05) is 38.5 Å². The van der Waals surface area contributed by atoms with Gasteiger partial charge in [0.25, 0.3) is 5.91 Å². The van der Waals surface area contributed by atoms with Gasteiger partial charge in [0.05, 0.1) is 25.9 Å². The number of hydrogen-bond donors (Lipinski definition) is 2. The fourth-order valence-corrected chi connectivity index (χ4v) is 6.41. The Morgan fingerprint density at radius 1 is 1.02 bits per heavy atom. The van der Waals surface area contributed by atoms with Crippen molar-refractivity contribution in [2.75, 3.05) is 52.5 Å². The second-order valence-electron chi connectivity index (χ2n) is 11.8. The summed E-state index contributed by atoms with van der Waals surface area (Å²) >= 11 is 0. The zero-order valence-electron chi connectivity index (χ0n) is 24.3. The lowest BCUT2D eigenvalue weighted by molar-refractivity contribution is -0.119. The lowest BCUT2D eigenvalue weighted by Crippen LogP contribution is -2.55. The number of aliphatic imine (C=N–C) groups is 1. The summed E-state index contributed by atoms with van der Waals surface area (Å²) in [6, 6.07) is 2.45. The van der Waals surface area contributed by atoms with Crippen LogP contribution >= 0.6 is 0 Å². The molecule has 10 heteroatoms. The Morgan fingerprint density at radius 3 is 2.30 bits per heavy atom. The van der Waals surface area contributed by atoms with Gasteiger partial charge in [0.2, 0.25) is 5.96 Å². The van der Waals surface area contributed by atoms with Crippen LogP contribution in [0.5, 0.6) is 0 Å². The monoisotopic (exact) mass is 556 g/mol. The molecular formula is C30H48N6O4. The molecule has 2 aliphatic heterocycles. The van der Waals surface area contributed by atoms with Crippen LogP contribution in [0.15, 0.2) is 16.8 Å². The quantitative estimate of drug-likeness (QED) is 0.277. The van der Waals surface area contributed by atoms with Crippen LogP contribution < -0.4 is 10.6 Å². The van der Waals surface area contributed by atoms with E-state index >= 15 is 0 Å². The Bertz CT molecular complexity index is 934. The summed E-state index contributed by atoms with van der Waals surface area (Å²) in [5.41, 5.74) is -0.667. The van der Waals surface area contributed by atoms with Gasteiger partial charge in [-0.15, -0.1) is 0 Å². The van der Waals surface area contributed by atoms with Crippen molar-refractivity contribution >= 4 is 18.0 Å². The Kier molecular flexibility index (Phi) is 11.7. The number of alkyl carbamates (subject to hydrolysis) is 1. The van der Waals surface area contributed by atoms with Gasteiger partial charge in [0.15, 0.2) is 0 Å². The maximum absolute atomic E-state index is 13.8. The topological polar surface area (TPSA) is 119 Å². The highest BCUT2D eigenvalue weighted by Crippen LogP contribution is 2.29.